The number of hydrogen-bond acceptors (Lipinski definition) is 1. The Kier molecular flexibility index (Phi) is 14.8. The number of aliphatic hydroxyl groups excluding tert-OH is 1. The van der Waals surface area contributed by atoms with E-state index in [1.165, 1.54) is 77.0 Å². The van der Waals surface area contributed by atoms with Gasteiger partial charge in [0.1, 0.15) is 5.76 Å². The van der Waals surface area contributed by atoms with Crippen molar-refractivity contribution in [1.29, 1.82) is 0 Å². The van der Waals surface area contributed by atoms with Crippen molar-refractivity contribution in [1.82, 2.24) is 0 Å². The second kappa shape index (κ2) is 15.3. The third-order valence-corrected chi connectivity index (χ3v) is 3.53. The molecule has 0 fully saturated rings. The van der Waals surface area contributed by atoms with Gasteiger partial charge in [-0.25, -0.2) is 0 Å². The minimum absolute atomic E-state index is 0.166. The van der Waals surface area contributed by atoms with Crippen LogP contribution in [0.1, 0.15) is 90.4 Å². The van der Waals surface area contributed by atoms with Crippen molar-refractivity contribution in [3.05, 3.63) is 24.5 Å². The lowest BCUT2D eigenvalue weighted by Gasteiger charge is -2.02. The molecule has 0 saturated carbocycles. The quantitative estimate of drug-likeness (QED) is 0.210. The number of unbranched alkanes of at least 4 members (excludes halogenated alkanes) is 12. The van der Waals surface area contributed by atoms with Crippen LogP contribution in [0.5, 0.6) is 0 Å². The average Bonchev–Trinajstić information content (AvgIpc) is 2.39. The van der Waals surface area contributed by atoms with Gasteiger partial charge in [-0.3, -0.25) is 0 Å². The van der Waals surface area contributed by atoms with Crippen molar-refractivity contribution in [2.75, 3.05) is 0 Å². The summed E-state index contributed by atoms with van der Waals surface area (Å²) in [5.74, 6) is 0.166. The first kappa shape index (κ1) is 18.3. The molecule has 0 aromatic carbocycles. The minimum atomic E-state index is 0.166. The zero-order valence-electron chi connectivity index (χ0n) is 13.0. The van der Waals surface area contributed by atoms with E-state index in [-0.39, 0.29) is 5.76 Å². The van der Waals surface area contributed by atoms with Gasteiger partial charge in [-0.2, -0.15) is 0 Å². The molecule has 0 unspecified atom stereocenters. The van der Waals surface area contributed by atoms with Crippen LogP contribution in [0, 0.1) is 0 Å². The lowest BCUT2D eigenvalue weighted by molar-refractivity contribution is 0.435. The van der Waals surface area contributed by atoms with Crippen molar-refractivity contribution in [2.45, 2.75) is 90.4 Å². The minimum Gasteiger partial charge on any atom is -0.509 e. The first-order chi connectivity index (χ1) is 9.27. The Bertz CT molecular complexity index is 218. The molecular weight excluding hydrogens is 232 g/mol. The molecule has 1 heteroatoms. The average molecular weight is 266 g/mol. The molecule has 0 aliphatic heterocycles. The standard InChI is InChI=1S/C18H34O/c1-3-4-5-6-7-8-9-10-11-12-13-14-15-16-17-18(2)19/h16-17,19H,2-15H2,1H3/b17-16-. The molecule has 1 nitrogen and oxygen atoms in total. The molecule has 0 rings (SSSR count). The van der Waals surface area contributed by atoms with Gasteiger partial charge in [0.25, 0.3) is 0 Å². The van der Waals surface area contributed by atoms with Crippen LogP contribution in [-0.4, -0.2) is 5.11 Å². The normalized spacial score (nSPS) is 11.2. The maximum Gasteiger partial charge on any atom is 0.108 e. The van der Waals surface area contributed by atoms with Crippen molar-refractivity contribution in [3.8, 4) is 0 Å². The molecule has 1 N–H and O–H groups in total. The molecule has 0 bridgehead atoms. The van der Waals surface area contributed by atoms with Crippen molar-refractivity contribution < 1.29 is 5.11 Å². The molecule has 0 heterocycles. The first-order valence-corrected chi connectivity index (χ1v) is 8.31. The van der Waals surface area contributed by atoms with Gasteiger partial charge in [0, 0.05) is 0 Å². The smallest absolute Gasteiger partial charge is 0.108 e. The van der Waals surface area contributed by atoms with Gasteiger partial charge >= 0.3 is 0 Å². The van der Waals surface area contributed by atoms with Gasteiger partial charge in [0.2, 0.25) is 0 Å². The Hall–Kier alpha value is -0.720. The van der Waals surface area contributed by atoms with Crippen molar-refractivity contribution >= 4 is 0 Å². The lowest BCUT2D eigenvalue weighted by atomic mass is 10.0. The summed E-state index contributed by atoms with van der Waals surface area (Å²) in [7, 11) is 0. The van der Waals surface area contributed by atoms with E-state index >= 15 is 0 Å². The van der Waals surface area contributed by atoms with Gasteiger partial charge in [-0.1, -0.05) is 90.2 Å². The monoisotopic (exact) mass is 266 g/mol. The summed E-state index contributed by atoms with van der Waals surface area (Å²) in [6.07, 6.45) is 21.4. The Morgan fingerprint density at radius 1 is 0.789 bits per heavy atom. The highest BCUT2D eigenvalue weighted by atomic mass is 16.3. The van der Waals surface area contributed by atoms with Gasteiger partial charge in [-0.05, 0) is 18.9 Å². The molecule has 0 saturated heterocycles. The van der Waals surface area contributed by atoms with Crippen LogP contribution in [0.2, 0.25) is 0 Å². The number of rotatable bonds is 14. The largest absolute Gasteiger partial charge is 0.509 e. The third kappa shape index (κ3) is 17.3. The SMILES string of the molecule is C=C(O)/C=C\CCCCCCCCCCCCCC. The predicted molar refractivity (Wildman–Crippen MR) is 86.6 cm³/mol. The number of hydrogen-bond donors (Lipinski definition) is 1. The summed E-state index contributed by atoms with van der Waals surface area (Å²) in [6.45, 7) is 5.70. The Labute approximate surface area is 120 Å². The van der Waals surface area contributed by atoms with Crippen molar-refractivity contribution in [3.63, 3.8) is 0 Å². The highest BCUT2D eigenvalue weighted by Crippen LogP contribution is 2.12. The molecule has 0 amide bonds. The van der Waals surface area contributed by atoms with Crippen LogP contribution in [0.25, 0.3) is 0 Å². The Morgan fingerprint density at radius 3 is 1.63 bits per heavy atom. The van der Waals surface area contributed by atoms with Gasteiger partial charge in [0.05, 0.1) is 0 Å². The van der Waals surface area contributed by atoms with E-state index in [4.69, 9.17) is 5.11 Å². The second-order valence-electron chi connectivity index (χ2n) is 5.57. The van der Waals surface area contributed by atoms with Crippen LogP contribution in [0.4, 0.5) is 0 Å². The third-order valence-electron chi connectivity index (χ3n) is 3.53. The molecule has 0 aliphatic carbocycles. The zero-order chi connectivity index (χ0) is 14.2. The van der Waals surface area contributed by atoms with Crippen LogP contribution in [0.15, 0.2) is 24.5 Å². The summed E-state index contributed by atoms with van der Waals surface area (Å²) in [4.78, 5) is 0. The van der Waals surface area contributed by atoms with E-state index in [0.717, 1.165) is 6.42 Å². The summed E-state index contributed by atoms with van der Waals surface area (Å²) in [6, 6.07) is 0. The fourth-order valence-electron chi connectivity index (χ4n) is 2.32. The van der Waals surface area contributed by atoms with Crippen LogP contribution >= 0.6 is 0 Å². The molecule has 0 aromatic heterocycles. The molecule has 0 aliphatic rings. The van der Waals surface area contributed by atoms with Crippen LogP contribution in [0.3, 0.4) is 0 Å². The Balaban J connectivity index is 3.01. The summed E-state index contributed by atoms with van der Waals surface area (Å²) in [5, 5.41) is 8.86. The van der Waals surface area contributed by atoms with E-state index in [1.54, 1.807) is 6.08 Å². The summed E-state index contributed by atoms with van der Waals surface area (Å²) >= 11 is 0. The second-order valence-corrected chi connectivity index (χ2v) is 5.57. The van der Waals surface area contributed by atoms with E-state index in [0.29, 0.717) is 0 Å². The Morgan fingerprint density at radius 2 is 1.21 bits per heavy atom. The number of aliphatic hydroxyl groups is 1. The summed E-state index contributed by atoms with van der Waals surface area (Å²) in [5.41, 5.74) is 0. The molecule has 0 aromatic rings. The fourth-order valence-corrected chi connectivity index (χ4v) is 2.32. The van der Waals surface area contributed by atoms with E-state index < -0.39 is 0 Å². The topological polar surface area (TPSA) is 20.2 Å². The van der Waals surface area contributed by atoms with Gasteiger partial charge in [0.15, 0.2) is 0 Å². The lowest BCUT2D eigenvalue weighted by Crippen LogP contribution is -1.82. The number of allylic oxidation sites excluding steroid dienone is 2. The van der Waals surface area contributed by atoms with Crippen molar-refractivity contribution in [2.24, 2.45) is 0 Å². The first-order valence-electron chi connectivity index (χ1n) is 8.31. The van der Waals surface area contributed by atoms with Crippen LogP contribution in [-0.2, 0) is 0 Å². The van der Waals surface area contributed by atoms with Crippen LogP contribution < -0.4 is 0 Å². The maximum atomic E-state index is 8.86. The molecule has 0 spiro atoms. The fraction of sp³-hybridized carbons (Fsp3) is 0.778. The van der Waals surface area contributed by atoms with Gasteiger partial charge < -0.3 is 5.11 Å². The summed E-state index contributed by atoms with van der Waals surface area (Å²) < 4.78 is 0. The molecule has 112 valence electrons. The molecule has 0 radical (unpaired) electrons. The molecule has 0 atom stereocenters. The van der Waals surface area contributed by atoms with E-state index in [1.807, 2.05) is 6.08 Å². The van der Waals surface area contributed by atoms with Gasteiger partial charge in [-0.15, -0.1) is 0 Å². The van der Waals surface area contributed by atoms with E-state index in [2.05, 4.69) is 13.5 Å². The van der Waals surface area contributed by atoms with E-state index in [9.17, 15) is 0 Å². The molecule has 19 heavy (non-hydrogen) atoms. The highest BCUT2D eigenvalue weighted by molar-refractivity contribution is 5.04. The predicted octanol–water partition coefficient (Wildman–Crippen LogP) is 6.71. The molecular formula is C18H34O. The highest BCUT2D eigenvalue weighted by Gasteiger charge is 1.92. The maximum absolute atomic E-state index is 8.86. The zero-order valence-corrected chi connectivity index (χ0v) is 13.0.